The van der Waals surface area contributed by atoms with Crippen molar-refractivity contribution in [1.82, 2.24) is 5.32 Å². The van der Waals surface area contributed by atoms with E-state index in [1.807, 2.05) is 18.2 Å². The molecule has 2 heterocycles. The second kappa shape index (κ2) is 6.61. The van der Waals surface area contributed by atoms with Crippen LogP contribution in [0.4, 0.5) is 0 Å². The molecule has 4 rings (SSSR count). The van der Waals surface area contributed by atoms with E-state index in [0.29, 0.717) is 24.7 Å². The fourth-order valence-corrected chi connectivity index (χ4v) is 3.55. The molecule has 1 aliphatic carbocycles. The topological polar surface area (TPSA) is 66.0 Å². The van der Waals surface area contributed by atoms with Crippen LogP contribution in [0.5, 0.6) is 11.5 Å². The number of para-hydroxylation sites is 2. The molecule has 24 heavy (non-hydrogen) atoms. The van der Waals surface area contributed by atoms with E-state index >= 15 is 0 Å². The number of fused-ring (bicyclic) bond motifs is 1. The van der Waals surface area contributed by atoms with Gasteiger partial charge in [-0.05, 0) is 25.0 Å². The zero-order chi connectivity index (χ0) is 16.4. The van der Waals surface area contributed by atoms with Gasteiger partial charge in [0.15, 0.2) is 17.3 Å². The van der Waals surface area contributed by atoms with E-state index in [0.717, 1.165) is 25.7 Å². The predicted octanol–water partition coefficient (Wildman–Crippen LogP) is 2.02. The van der Waals surface area contributed by atoms with E-state index in [4.69, 9.17) is 18.9 Å². The lowest BCUT2D eigenvalue weighted by molar-refractivity contribution is -0.186. The SMILES string of the molecule is O=C(NC[C@H]1COC2(CCCCC2)O1)[C@@H]1COc2ccccc2O1. The first kappa shape index (κ1) is 15.7. The zero-order valence-corrected chi connectivity index (χ0v) is 13.7. The summed E-state index contributed by atoms with van der Waals surface area (Å²) >= 11 is 0. The Kier molecular flexibility index (Phi) is 4.33. The van der Waals surface area contributed by atoms with Gasteiger partial charge in [0.05, 0.1) is 6.61 Å². The Morgan fingerprint density at radius 3 is 2.75 bits per heavy atom. The number of benzene rings is 1. The Morgan fingerprint density at radius 1 is 1.12 bits per heavy atom. The minimum atomic E-state index is -0.633. The molecule has 6 heteroatoms. The van der Waals surface area contributed by atoms with Gasteiger partial charge in [0.2, 0.25) is 6.10 Å². The van der Waals surface area contributed by atoms with Crippen LogP contribution in [0.3, 0.4) is 0 Å². The standard InChI is InChI=1S/C18H23NO5/c20-17(16-12-21-14-6-2-3-7-15(14)23-16)19-10-13-11-22-18(24-13)8-4-1-5-9-18/h2-3,6-7,13,16H,1,4-5,8-12H2,(H,19,20)/t13-,16-/m0/s1. The van der Waals surface area contributed by atoms with Gasteiger partial charge >= 0.3 is 0 Å². The smallest absolute Gasteiger partial charge is 0.264 e. The number of ether oxygens (including phenoxy) is 4. The molecule has 1 saturated carbocycles. The largest absolute Gasteiger partial charge is 0.485 e. The lowest BCUT2D eigenvalue weighted by atomic mass is 9.94. The summed E-state index contributed by atoms with van der Waals surface area (Å²) < 4.78 is 23.3. The number of carbonyl (C=O) groups is 1. The van der Waals surface area contributed by atoms with Crippen molar-refractivity contribution in [3.05, 3.63) is 24.3 Å². The normalized spacial score (nSPS) is 27.8. The first-order chi connectivity index (χ1) is 11.7. The molecule has 6 nitrogen and oxygen atoms in total. The highest BCUT2D eigenvalue weighted by Gasteiger charge is 2.42. The van der Waals surface area contributed by atoms with E-state index < -0.39 is 11.9 Å². The van der Waals surface area contributed by atoms with Crippen molar-refractivity contribution in [2.45, 2.75) is 50.1 Å². The van der Waals surface area contributed by atoms with Crippen molar-refractivity contribution < 1.29 is 23.7 Å². The summed E-state index contributed by atoms with van der Waals surface area (Å²) in [5, 5.41) is 2.90. The minimum absolute atomic E-state index is 0.0937. The van der Waals surface area contributed by atoms with Crippen LogP contribution in [0, 0.1) is 0 Å². The summed E-state index contributed by atoms with van der Waals surface area (Å²) in [6.45, 7) is 1.18. The molecular formula is C18H23NO5. The van der Waals surface area contributed by atoms with Gasteiger partial charge < -0.3 is 24.3 Å². The molecule has 2 aliphatic heterocycles. The number of carbonyl (C=O) groups excluding carboxylic acids is 1. The van der Waals surface area contributed by atoms with Crippen LogP contribution in [-0.2, 0) is 14.3 Å². The van der Waals surface area contributed by atoms with Gasteiger partial charge in [0.25, 0.3) is 5.91 Å². The van der Waals surface area contributed by atoms with E-state index in [1.54, 1.807) is 6.07 Å². The number of hydrogen-bond acceptors (Lipinski definition) is 5. The Bertz CT molecular complexity index is 599. The van der Waals surface area contributed by atoms with E-state index in [-0.39, 0.29) is 18.6 Å². The maximum atomic E-state index is 12.3. The lowest BCUT2D eigenvalue weighted by Crippen LogP contribution is -2.46. The molecule has 1 saturated heterocycles. The summed E-state index contributed by atoms with van der Waals surface area (Å²) in [6, 6.07) is 7.36. The third-order valence-electron chi connectivity index (χ3n) is 4.83. The molecule has 2 fully saturated rings. The first-order valence-electron chi connectivity index (χ1n) is 8.72. The third kappa shape index (κ3) is 3.21. The van der Waals surface area contributed by atoms with E-state index in [2.05, 4.69) is 5.32 Å². The van der Waals surface area contributed by atoms with Crippen LogP contribution < -0.4 is 14.8 Å². The highest BCUT2D eigenvalue weighted by atomic mass is 16.7. The lowest BCUT2D eigenvalue weighted by Gasteiger charge is -2.31. The van der Waals surface area contributed by atoms with Crippen molar-refractivity contribution in [3.63, 3.8) is 0 Å². The molecule has 1 spiro atoms. The van der Waals surface area contributed by atoms with Crippen LogP contribution >= 0.6 is 0 Å². The van der Waals surface area contributed by atoms with Gasteiger partial charge in [-0.2, -0.15) is 0 Å². The first-order valence-corrected chi connectivity index (χ1v) is 8.72. The van der Waals surface area contributed by atoms with Gasteiger partial charge in [0, 0.05) is 19.4 Å². The average Bonchev–Trinajstić information content (AvgIpc) is 3.02. The summed E-state index contributed by atoms with van der Waals surface area (Å²) in [7, 11) is 0. The fourth-order valence-electron chi connectivity index (χ4n) is 3.55. The van der Waals surface area contributed by atoms with Crippen LogP contribution in [0.25, 0.3) is 0 Å². The molecule has 130 valence electrons. The van der Waals surface area contributed by atoms with Gasteiger partial charge in [-0.1, -0.05) is 18.6 Å². The molecular weight excluding hydrogens is 310 g/mol. The van der Waals surface area contributed by atoms with Crippen molar-refractivity contribution in [2.75, 3.05) is 19.8 Å². The molecule has 0 aromatic heterocycles. The average molecular weight is 333 g/mol. The number of hydrogen-bond donors (Lipinski definition) is 1. The van der Waals surface area contributed by atoms with E-state index in [9.17, 15) is 4.79 Å². The second-order valence-corrected chi connectivity index (χ2v) is 6.63. The minimum Gasteiger partial charge on any atom is -0.485 e. The maximum absolute atomic E-state index is 12.3. The van der Waals surface area contributed by atoms with Gasteiger partial charge in [-0.3, -0.25) is 4.79 Å². The molecule has 1 aromatic rings. The number of rotatable bonds is 3. The Hall–Kier alpha value is -1.79. The van der Waals surface area contributed by atoms with Gasteiger partial charge in [-0.15, -0.1) is 0 Å². The summed E-state index contributed by atoms with van der Waals surface area (Å²) in [6.07, 6.45) is 4.71. The summed E-state index contributed by atoms with van der Waals surface area (Å²) in [5.74, 6) is 0.688. The number of nitrogens with one attached hydrogen (secondary N) is 1. The summed E-state index contributed by atoms with van der Waals surface area (Å²) in [4.78, 5) is 12.3. The second-order valence-electron chi connectivity index (χ2n) is 6.63. The molecule has 1 N–H and O–H groups in total. The van der Waals surface area contributed by atoms with Crippen LogP contribution in [-0.4, -0.2) is 43.7 Å². The van der Waals surface area contributed by atoms with Crippen LogP contribution in [0.15, 0.2) is 24.3 Å². The van der Waals surface area contributed by atoms with Crippen molar-refractivity contribution >= 4 is 5.91 Å². The molecule has 3 aliphatic rings. The monoisotopic (exact) mass is 333 g/mol. The Balaban J connectivity index is 1.27. The van der Waals surface area contributed by atoms with Crippen molar-refractivity contribution in [3.8, 4) is 11.5 Å². The van der Waals surface area contributed by atoms with Crippen LogP contribution in [0.1, 0.15) is 32.1 Å². The highest BCUT2D eigenvalue weighted by Crippen LogP contribution is 2.37. The van der Waals surface area contributed by atoms with Crippen molar-refractivity contribution in [2.24, 2.45) is 0 Å². The molecule has 2 atom stereocenters. The fraction of sp³-hybridized carbons (Fsp3) is 0.611. The molecule has 0 radical (unpaired) electrons. The number of amides is 1. The van der Waals surface area contributed by atoms with Crippen molar-refractivity contribution in [1.29, 1.82) is 0 Å². The summed E-state index contributed by atoms with van der Waals surface area (Å²) in [5.41, 5.74) is 0. The highest BCUT2D eigenvalue weighted by molar-refractivity contribution is 5.81. The van der Waals surface area contributed by atoms with Gasteiger partial charge in [0.1, 0.15) is 12.7 Å². The van der Waals surface area contributed by atoms with E-state index in [1.165, 1.54) is 6.42 Å². The molecule has 1 amide bonds. The van der Waals surface area contributed by atoms with Gasteiger partial charge in [-0.25, -0.2) is 0 Å². The zero-order valence-electron chi connectivity index (χ0n) is 13.7. The Morgan fingerprint density at radius 2 is 1.92 bits per heavy atom. The quantitative estimate of drug-likeness (QED) is 0.917. The van der Waals surface area contributed by atoms with Crippen LogP contribution in [0.2, 0.25) is 0 Å². The molecule has 1 aromatic carbocycles. The molecule has 0 bridgehead atoms. The Labute approximate surface area is 141 Å². The molecule has 0 unspecified atom stereocenters. The predicted molar refractivity (Wildman–Crippen MR) is 86.0 cm³/mol. The maximum Gasteiger partial charge on any atom is 0.264 e. The third-order valence-corrected chi connectivity index (χ3v) is 4.83.